The molecule has 2 rings (SSSR count). The van der Waals surface area contributed by atoms with E-state index in [0.29, 0.717) is 0 Å². The van der Waals surface area contributed by atoms with Crippen molar-refractivity contribution in [2.45, 2.75) is 51.0 Å². The molecular weight excluding hydrogens is 247 g/mol. The molecule has 0 amide bonds. The smallest absolute Gasteiger partial charge is 0.312 e. The first-order valence-corrected chi connectivity index (χ1v) is 7.45. The molecule has 94 valence electrons. The predicted molar refractivity (Wildman–Crippen MR) is 65.6 cm³/mol. The van der Waals surface area contributed by atoms with E-state index in [0.717, 1.165) is 38.9 Å². The lowest BCUT2D eigenvalue weighted by Gasteiger charge is -2.35. The molecule has 0 N–H and O–H groups in total. The Labute approximate surface area is 104 Å². The summed E-state index contributed by atoms with van der Waals surface area (Å²) in [5, 5.41) is 0.259. The van der Waals surface area contributed by atoms with Gasteiger partial charge in [0.1, 0.15) is 0 Å². The molecule has 0 bridgehead atoms. The molecule has 0 radical (unpaired) electrons. The fourth-order valence-corrected chi connectivity index (χ4v) is 3.79. The van der Waals surface area contributed by atoms with Crippen LogP contribution in [0.4, 0.5) is 0 Å². The Bertz CT molecular complexity index is 227. The fraction of sp³-hybridized carbons (Fsp3) is 1.00. The van der Waals surface area contributed by atoms with Crippen LogP contribution in [0.3, 0.4) is 0 Å². The van der Waals surface area contributed by atoms with Gasteiger partial charge >= 0.3 is 8.60 Å². The van der Waals surface area contributed by atoms with Crippen LogP contribution in [-0.4, -0.2) is 24.7 Å². The van der Waals surface area contributed by atoms with Gasteiger partial charge in [-0.1, -0.05) is 13.8 Å². The lowest BCUT2D eigenvalue weighted by Crippen LogP contribution is -2.30. The number of halogens is 1. The third kappa shape index (κ3) is 3.82. The van der Waals surface area contributed by atoms with Crippen molar-refractivity contribution in [3.63, 3.8) is 0 Å². The molecule has 1 aliphatic carbocycles. The number of hydrogen-bond acceptors (Lipinski definition) is 3. The van der Waals surface area contributed by atoms with Crippen LogP contribution in [-0.2, 0) is 13.6 Å². The molecule has 1 saturated heterocycles. The highest BCUT2D eigenvalue weighted by Crippen LogP contribution is 2.49. The van der Waals surface area contributed by atoms with Crippen molar-refractivity contribution in [3.05, 3.63) is 0 Å². The van der Waals surface area contributed by atoms with Crippen LogP contribution in [0.5, 0.6) is 0 Å². The van der Waals surface area contributed by atoms with Crippen LogP contribution in [0.2, 0.25) is 0 Å². The average molecular weight is 267 g/mol. The van der Waals surface area contributed by atoms with E-state index in [2.05, 4.69) is 13.8 Å². The van der Waals surface area contributed by atoms with E-state index in [1.165, 1.54) is 0 Å². The van der Waals surface area contributed by atoms with Crippen LogP contribution in [0, 0.1) is 5.41 Å². The molecule has 3 nitrogen and oxygen atoms in total. The minimum absolute atomic E-state index is 0.115. The second-order valence-electron chi connectivity index (χ2n) is 5.43. The summed E-state index contributed by atoms with van der Waals surface area (Å²) in [6.07, 6.45) is 4.49. The lowest BCUT2D eigenvalue weighted by atomic mass is 9.97. The van der Waals surface area contributed by atoms with Crippen molar-refractivity contribution in [2.24, 2.45) is 5.41 Å². The minimum atomic E-state index is -1.13. The Morgan fingerprint density at radius 2 is 1.94 bits per heavy atom. The number of alkyl halides is 1. The largest absolute Gasteiger partial charge is 0.332 e. The second kappa shape index (κ2) is 5.49. The molecular formula is C11H20ClO3P. The van der Waals surface area contributed by atoms with Crippen LogP contribution in [0.15, 0.2) is 0 Å². The normalized spacial score (nSPS) is 36.2. The van der Waals surface area contributed by atoms with Crippen molar-refractivity contribution >= 4 is 20.2 Å². The summed E-state index contributed by atoms with van der Waals surface area (Å²) in [6, 6.07) is 0. The third-order valence-corrected chi connectivity index (χ3v) is 4.47. The van der Waals surface area contributed by atoms with Crippen molar-refractivity contribution in [1.29, 1.82) is 0 Å². The summed E-state index contributed by atoms with van der Waals surface area (Å²) in [6.45, 7) is 5.70. The Hall–Kier alpha value is 0.600. The number of hydrogen-bond donors (Lipinski definition) is 0. The Morgan fingerprint density at radius 3 is 2.56 bits per heavy atom. The van der Waals surface area contributed by atoms with Gasteiger partial charge in [0.15, 0.2) is 0 Å². The highest BCUT2D eigenvalue weighted by Gasteiger charge is 2.33. The van der Waals surface area contributed by atoms with E-state index in [4.69, 9.17) is 25.2 Å². The highest BCUT2D eigenvalue weighted by atomic mass is 35.5. The Balaban J connectivity index is 1.74. The monoisotopic (exact) mass is 266 g/mol. The van der Waals surface area contributed by atoms with E-state index in [1.807, 2.05) is 0 Å². The quantitative estimate of drug-likeness (QED) is 0.561. The van der Waals surface area contributed by atoms with Crippen molar-refractivity contribution in [1.82, 2.24) is 0 Å². The van der Waals surface area contributed by atoms with Gasteiger partial charge in [0.05, 0.1) is 19.3 Å². The first-order chi connectivity index (χ1) is 7.55. The summed E-state index contributed by atoms with van der Waals surface area (Å²) in [7, 11) is -1.13. The minimum Gasteiger partial charge on any atom is -0.312 e. The zero-order valence-corrected chi connectivity index (χ0v) is 11.6. The Morgan fingerprint density at radius 1 is 1.25 bits per heavy atom. The standard InChI is InChI=1S/C11H20ClO3P/c1-11(2)7-13-16(14-8-11)15-10-5-3-4-9(12)6-10/h9-10H,3-8H2,1-2H3. The summed E-state index contributed by atoms with van der Waals surface area (Å²) >= 11 is 6.12. The maximum atomic E-state index is 6.12. The van der Waals surface area contributed by atoms with Crippen LogP contribution in [0.1, 0.15) is 39.5 Å². The van der Waals surface area contributed by atoms with E-state index in [-0.39, 0.29) is 16.9 Å². The number of rotatable bonds is 2. The summed E-state index contributed by atoms with van der Waals surface area (Å²) in [4.78, 5) is 0. The van der Waals surface area contributed by atoms with Crippen molar-refractivity contribution in [3.8, 4) is 0 Å². The van der Waals surface area contributed by atoms with E-state index in [1.54, 1.807) is 0 Å². The lowest BCUT2D eigenvalue weighted by molar-refractivity contribution is 0.0101. The topological polar surface area (TPSA) is 27.7 Å². The predicted octanol–water partition coefficient (Wildman–Crippen LogP) is 3.85. The molecule has 2 fully saturated rings. The van der Waals surface area contributed by atoms with Crippen LogP contribution in [0.25, 0.3) is 0 Å². The molecule has 0 aromatic rings. The first kappa shape index (κ1) is 13.0. The van der Waals surface area contributed by atoms with Crippen molar-refractivity contribution < 1.29 is 13.6 Å². The first-order valence-electron chi connectivity index (χ1n) is 5.92. The molecule has 1 saturated carbocycles. The molecule has 16 heavy (non-hydrogen) atoms. The van der Waals surface area contributed by atoms with Gasteiger partial charge in [-0.05, 0) is 25.7 Å². The average Bonchev–Trinajstić information content (AvgIpc) is 2.21. The van der Waals surface area contributed by atoms with E-state index in [9.17, 15) is 0 Å². The summed E-state index contributed by atoms with van der Waals surface area (Å²) < 4.78 is 17.0. The third-order valence-electron chi connectivity index (χ3n) is 2.92. The molecule has 2 aliphatic rings. The van der Waals surface area contributed by atoms with Gasteiger partial charge < -0.3 is 13.6 Å². The van der Waals surface area contributed by atoms with Gasteiger partial charge in [0.25, 0.3) is 0 Å². The molecule has 1 heterocycles. The molecule has 0 aromatic heterocycles. The molecule has 2 unspecified atom stereocenters. The fourth-order valence-electron chi connectivity index (χ4n) is 1.90. The molecule has 2 atom stereocenters. The molecule has 0 spiro atoms. The summed E-state index contributed by atoms with van der Waals surface area (Å²) in [5.41, 5.74) is 0.115. The van der Waals surface area contributed by atoms with Crippen LogP contribution < -0.4 is 0 Å². The van der Waals surface area contributed by atoms with Gasteiger partial charge in [-0.2, -0.15) is 0 Å². The highest BCUT2D eigenvalue weighted by molar-refractivity contribution is 7.41. The second-order valence-corrected chi connectivity index (χ2v) is 7.22. The van der Waals surface area contributed by atoms with Gasteiger partial charge in [0.2, 0.25) is 0 Å². The van der Waals surface area contributed by atoms with Gasteiger partial charge in [-0.15, -0.1) is 11.6 Å². The van der Waals surface area contributed by atoms with Gasteiger partial charge in [-0.3, -0.25) is 0 Å². The molecule has 0 aromatic carbocycles. The maximum Gasteiger partial charge on any atom is 0.332 e. The maximum absolute atomic E-state index is 6.12. The zero-order chi connectivity index (χ0) is 11.6. The van der Waals surface area contributed by atoms with Gasteiger partial charge in [-0.25, -0.2) is 0 Å². The molecule has 5 heteroatoms. The summed E-state index contributed by atoms with van der Waals surface area (Å²) in [5.74, 6) is 0. The van der Waals surface area contributed by atoms with E-state index >= 15 is 0 Å². The zero-order valence-electron chi connectivity index (χ0n) is 9.95. The molecule has 1 aliphatic heterocycles. The van der Waals surface area contributed by atoms with Crippen molar-refractivity contribution in [2.75, 3.05) is 13.2 Å². The van der Waals surface area contributed by atoms with E-state index < -0.39 is 8.60 Å². The van der Waals surface area contributed by atoms with Gasteiger partial charge in [0, 0.05) is 10.8 Å². The SMILES string of the molecule is CC1(C)COP(OC2CCCC(Cl)C2)OC1. The Kier molecular flexibility index (Phi) is 4.48. The van der Waals surface area contributed by atoms with Crippen LogP contribution >= 0.6 is 20.2 Å².